The molecule has 1 aromatic heterocycles. The number of aliphatic carboxylic acids is 3. The summed E-state index contributed by atoms with van der Waals surface area (Å²) in [5.41, 5.74) is 0. The first-order valence-corrected chi connectivity index (χ1v) is 27.8. The predicted octanol–water partition coefficient (Wildman–Crippen LogP) is 4.96. The monoisotopic (exact) mass is 1060 g/mol. The summed E-state index contributed by atoms with van der Waals surface area (Å²) in [6, 6.07) is -1.51. The summed E-state index contributed by atoms with van der Waals surface area (Å²) in [6.45, 7) is 1.78. The molecule has 0 aliphatic carbocycles. The molecular weight excluding hydrogens is 975 g/mol. The second-order valence-corrected chi connectivity index (χ2v) is 20.3. The summed E-state index contributed by atoms with van der Waals surface area (Å²) >= 11 is 0. The van der Waals surface area contributed by atoms with Crippen LogP contribution in [0.2, 0.25) is 0 Å². The number of aromatic nitrogens is 4. The highest BCUT2D eigenvalue weighted by Gasteiger charge is 2.26. The zero-order valence-electron chi connectivity index (χ0n) is 42.9. The molecule has 1 aromatic rings. The van der Waals surface area contributed by atoms with Gasteiger partial charge in [-0.05, 0) is 44.9 Å². The normalized spacial score (nSPS) is 12.6. The average Bonchev–Trinajstić information content (AvgIpc) is 3.86. The molecule has 0 bridgehead atoms. The van der Waals surface area contributed by atoms with Gasteiger partial charge in [-0.25, -0.2) is 13.2 Å². The molecule has 3 unspecified atom stereocenters. The van der Waals surface area contributed by atoms with E-state index in [0.29, 0.717) is 44.9 Å². The van der Waals surface area contributed by atoms with Gasteiger partial charge in [-0.15, -0.1) is 10.2 Å². The van der Waals surface area contributed by atoms with Crippen molar-refractivity contribution < 1.29 is 76.4 Å². The molecule has 0 radical (unpaired) electrons. The molecule has 24 heteroatoms. The van der Waals surface area contributed by atoms with E-state index >= 15 is 0 Å². The Kier molecular flexibility index (Phi) is 37.1. The number of sulfonamides is 1. The molecule has 416 valence electrons. The lowest BCUT2D eigenvalue weighted by Gasteiger charge is -2.15. The Balaban J connectivity index is 2.18. The number of carboxylic acid groups (broad SMARTS) is 3. The van der Waals surface area contributed by atoms with Crippen molar-refractivity contribution in [2.45, 2.75) is 199 Å². The van der Waals surface area contributed by atoms with Crippen molar-refractivity contribution in [2.24, 2.45) is 11.8 Å². The zero-order chi connectivity index (χ0) is 54.1. The topological polar surface area (TPSA) is 357 Å². The molecule has 0 aliphatic heterocycles. The predicted molar refractivity (Wildman–Crippen MR) is 266 cm³/mol. The minimum absolute atomic E-state index is 0.0433. The maximum Gasteiger partial charge on any atom is 0.326 e. The van der Waals surface area contributed by atoms with Gasteiger partial charge in [-0.2, -0.15) is 5.21 Å². The number of Topliss-reactive ketones (excluding diaryl/α,β-unsaturated/α-hetero) is 3. The van der Waals surface area contributed by atoms with Crippen molar-refractivity contribution in [3.8, 4) is 0 Å². The number of carbonyl (C=O) groups is 9. The van der Waals surface area contributed by atoms with Gasteiger partial charge < -0.3 is 35.4 Å². The van der Waals surface area contributed by atoms with Crippen LogP contribution >= 0.6 is 0 Å². The number of tetrazole rings is 1. The Morgan fingerprint density at radius 3 is 1.73 bits per heavy atom. The summed E-state index contributed by atoms with van der Waals surface area (Å²) in [7, 11) is -4.03. The molecule has 73 heavy (non-hydrogen) atoms. The number of hydrogen-bond acceptors (Lipinski definition) is 16. The maximum atomic E-state index is 12.7. The van der Waals surface area contributed by atoms with E-state index in [0.717, 1.165) is 57.2 Å². The zero-order valence-corrected chi connectivity index (χ0v) is 43.7. The summed E-state index contributed by atoms with van der Waals surface area (Å²) in [5.74, 6) is -8.40. The highest BCUT2D eigenvalue weighted by atomic mass is 32.2. The molecule has 0 saturated carbocycles. The standard InChI is InChI=1S/C49H83N7O16S/c1-2-39(57)21-16-14-15-20-37(47(63)64)35-41(59)36-72-32-31-71-30-29-50-44(60)28-25-38(48(65)66)34-40(58)26-27-42(49(67)68)51-45(61)24-19-33-73(69,70)54-46(62)23-18-13-11-9-7-5-3-4-6-8-10-12-17-22-43-52-55-56-53-43/h37-38,42H,2-36H2,1H3,(H,50,60)(H,51,61)(H,54,62)(H,63,64)(H,65,66)(H,67,68)(H,52,53,55,56). The van der Waals surface area contributed by atoms with Crippen LogP contribution in [-0.2, 0) is 69.1 Å². The molecule has 0 saturated heterocycles. The van der Waals surface area contributed by atoms with Crippen LogP contribution in [0.3, 0.4) is 0 Å². The number of unbranched alkanes of at least 4 members (excludes halogenated alkanes) is 14. The van der Waals surface area contributed by atoms with Crippen molar-refractivity contribution >= 4 is 63.0 Å². The first-order valence-electron chi connectivity index (χ1n) is 26.1. The van der Waals surface area contributed by atoms with Crippen molar-refractivity contribution in [3.63, 3.8) is 0 Å². The molecule has 3 amide bonds. The SMILES string of the molecule is CCC(=O)CCCCCC(CC(=O)COCCOCCNC(=O)CCC(CC(=O)CCC(NC(=O)CCCS(=O)(=O)NC(=O)CCCCCCCCCCCCCCCc1nn[nH]n1)C(=O)O)C(=O)O)C(=O)O. The van der Waals surface area contributed by atoms with Crippen LogP contribution in [0.4, 0.5) is 0 Å². The fourth-order valence-electron chi connectivity index (χ4n) is 7.79. The third-order valence-electron chi connectivity index (χ3n) is 12.1. The number of aromatic amines is 1. The van der Waals surface area contributed by atoms with Crippen molar-refractivity contribution in [2.75, 3.05) is 38.7 Å². The molecule has 3 atom stereocenters. The Labute approximate surface area is 429 Å². The maximum absolute atomic E-state index is 12.7. The number of carbonyl (C=O) groups excluding carboxylic acids is 6. The summed E-state index contributed by atoms with van der Waals surface area (Å²) < 4.78 is 37.5. The smallest absolute Gasteiger partial charge is 0.326 e. The van der Waals surface area contributed by atoms with Gasteiger partial charge in [0.1, 0.15) is 24.2 Å². The minimum atomic E-state index is -4.03. The highest BCUT2D eigenvalue weighted by molar-refractivity contribution is 7.90. The fraction of sp³-hybridized carbons (Fsp3) is 0.796. The van der Waals surface area contributed by atoms with Crippen LogP contribution in [0, 0.1) is 11.8 Å². The quantitative estimate of drug-likeness (QED) is 0.0424. The Morgan fingerprint density at radius 1 is 0.562 bits per heavy atom. The number of nitrogens with one attached hydrogen (secondary N) is 4. The van der Waals surface area contributed by atoms with Gasteiger partial charge in [-0.3, -0.25) is 43.1 Å². The summed E-state index contributed by atoms with van der Waals surface area (Å²) in [5, 5.41) is 47.4. The summed E-state index contributed by atoms with van der Waals surface area (Å²) in [4.78, 5) is 109. The number of rotatable bonds is 50. The van der Waals surface area contributed by atoms with E-state index < -0.39 is 81.5 Å². The van der Waals surface area contributed by atoms with E-state index in [1.807, 2.05) is 4.72 Å². The van der Waals surface area contributed by atoms with Crippen LogP contribution in [0.25, 0.3) is 0 Å². The molecule has 0 aromatic carbocycles. The number of ketones is 3. The molecule has 0 spiro atoms. The number of nitrogens with zero attached hydrogens (tertiary/aromatic N) is 3. The third-order valence-corrected chi connectivity index (χ3v) is 13.5. The molecule has 1 rings (SSSR count). The first-order chi connectivity index (χ1) is 34.9. The van der Waals surface area contributed by atoms with E-state index in [4.69, 9.17) is 9.47 Å². The van der Waals surface area contributed by atoms with Crippen molar-refractivity contribution in [1.29, 1.82) is 0 Å². The molecule has 1 heterocycles. The first kappa shape index (κ1) is 65.8. The Hall–Kier alpha value is -5.23. The fourth-order valence-corrected chi connectivity index (χ4v) is 8.87. The van der Waals surface area contributed by atoms with Gasteiger partial charge in [0, 0.05) is 64.3 Å². The lowest BCUT2D eigenvalue weighted by molar-refractivity contribution is -0.145. The minimum Gasteiger partial charge on any atom is -0.481 e. The van der Waals surface area contributed by atoms with Gasteiger partial charge in [0.05, 0.1) is 37.4 Å². The van der Waals surface area contributed by atoms with Crippen LogP contribution in [0.1, 0.15) is 193 Å². The Bertz CT molecular complexity index is 1900. The number of carboxylic acids is 3. The van der Waals surface area contributed by atoms with E-state index in [-0.39, 0.29) is 95.9 Å². The Morgan fingerprint density at radius 2 is 1.12 bits per heavy atom. The second kappa shape index (κ2) is 41.2. The van der Waals surface area contributed by atoms with Crippen LogP contribution in [0.5, 0.6) is 0 Å². The lowest BCUT2D eigenvalue weighted by atomic mass is 9.94. The van der Waals surface area contributed by atoms with E-state index in [1.165, 1.54) is 32.1 Å². The third kappa shape index (κ3) is 37.2. The van der Waals surface area contributed by atoms with Gasteiger partial charge in [0.15, 0.2) is 11.6 Å². The van der Waals surface area contributed by atoms with Gasteiger partial charge >= 0.3 is 17.9 Å². The lowest BCUT2D eigenvalue weighted by Crippen LogP contribution is -2.41. The summed E-state index contributed by atoms with van der Waals surface area (Å²) in [6.07, 6.45) is 15.7. The van der Waals surface area contributed by atoms with Crippen LogP contribution in [0.15, 0.2) is 0 Å². The largest absolute Gasteiger partial charge is 0.481 e. The average molecular weight is 1060 g/mol. The molecule has 0 fully saturated rings. The molecule has 0 aliphatic rings. The van der Waals surface area contributed by atoms with Crippen molar-refractivity contribution in [3.05, 3.63) is 5.82 Å². The van der Waals surface area contributed by atoms with E-state index in [2.05, 4.69) is 31.3 Å². The number of ether oxygens (including phenoxy) is 2. The van der Waals surface area contributed by atoms with Crippen LogP contribution < -0.4 is 15.4 Å². The van der Waals surface area contributed by atoms with Gasteiger partial charge in [0.25, 0.3) is 0 Å². The number of H-pyrrole nitrogens is 1. The number of aryl methyl sites for hydroxylation is 1. The van der Waals surface area contributed by atoms with Gasteiger partial charge in [-0.1, -0.05) is 95.6 Å². The molecule has 23 nitrogen and oxygen atoms in total. The van der Waals surface area contributed by atoms with Gasteiger partial charge in [0.2, 0.25) is 27.7 Å². The van der Waals surface area contributed by atoms with E-state index in [1.54, 1.807) is 6.92 Å². The highest BCUT2D eigenvalue weighted by Crippen LogP contribution is 2.18. The van der Waals surface area contributed by atoms with E-state index in [9.17, 15) is 66.9 Å². The number of hydrogen-bond donors (Lipinski definition) is 7. The number of amides is 3. The van der Waals surface area contributed by atoms with Crippen molar-refractivity contribution in [1.82, 2.24) is 36.0 Å². The van der Waals surface area contributed by atoms with Crippen LogP contribution in [-0.4, -0.2) is 142 Å². The second-order valence-electron chi connectivity index (χ2n) is 18.5. The molecular formula is C49H83N7O16S. The molecule has 7 N–H and O–H groups in total.